The molecule has 0 unspecified atom stereocenters. The number of rotatable bonds is 6. The highest BCUT2D eigenvalue weighted by Crippen LogP contribution is 2.26. The molecule has 2 aromatic rings. The second-order valence-electron chi connectivity index (χ2n) is 4.87. The lowest BCUT2D eigenvalue weighted by molar-refractivity contribution is 0.603. The molecule has 0 spiro atoms. The van der Waals surface area contributed by atoms with Crippen LogP contribution in [0.2, 0.25) is 4.34 Å². The highest BCUT2D eigenvalue weighted by Gasteiger charge is 2.17. The number of hydrogen-bond donors (Lipinski definition) is 2. The molecule has 2 heterocycles. The Balaban J connectivity index is 2.06. The van der Waals surface area contributed by atoms with E-state index in [4.69, 9.17) is 11.6 Å². The van der Waals surface area contributed by atoms with Crippen molar-refractivity contribution in [3.05, 3.63) is 34.8 Å². The van der Waals surface area contributed by atoms with Gasteiger partial charge >= 0.3 is 0 Å². The quantitative estimate of drug-likeness (QED) is 0.838. The molecule has 21 heavy (non-hydrogen) atoms. The summed E-state index contributed by atoms with van der Waals surface area (Å²) in [5.41, 5.74) is 0.853. The second kappa shape index (κ2) is 6.64. The Morgan fingerprint density at radius 1 is 1.29 bits per heavy atom. The molecule has 2 N–H and O–H groups in total. The van der Waals surface area contributed by atoms with Crippen LogP contribution in [-0.2, 0) is 10.0 Å². The van der Waals surface area contributed by atoms with Gasteiger partial charge in [-0.2, -0.15) is 0 Å². The van der Waals surface area contributed by atoms with E-state index in [9.17, 15) is 8.42 Å². The van der Waals surface area contributed by atoms with Crippen LogP contribution in [0, 0.1) is 5.92 Å². The van der Waals surface area contributed by atoms with Crippen molar-refractivity contribution < 1.29 is 8.42 Å². The Bertz CT molecular complexity index is 696. The van der Waals surface area contributed by atoms with Crippen molar-refractivity contribution in [2.75, 3.05) is 16.6 Å². The molecule has 2 aromatic heterocycles. The Morgan fingerprint density at radius 3 is 2.57 bits per heavy atom. The largest absolute Gasteiger partial charge is 0.384 e. The molecule has 0 saturated heterocycles. The van der Waals surface area contributed by atoms with Crippen LogP contribution in [0.4, 0.5) is 11.5 Å². The van der Waals surface area contributed by atoms with Gasteiger partial charge in [-0.25, -0.2) is 13.4 Å². The number of halogens is 1. The first-order valence-corrected chi connectivity index (χ1v) is 9.02. The number of anilines is 2. The molecule has 0 amide bonds. The maximum atomic E-state index is 12.1. The molecule has 0 bridgehead atoms. The fourth-order valence-electron chi connectivity index (χ4n) is 1.51. The van der Waals surface area contributed by atoms with Gasteiger partial charge in [-0.3, -0.25) is 4.72 Å². The summed E-state index contributed by atoms with van der Waals surface area (Å²) >= 11 is 6.76. The summed E-state index contributed by atoms with van der Waals surface area (Å²) in [6.45, 7) is 5.05. The number of nitrogens with one attached hydrogen (secondary N) is 2. The highest BCUT2D eigenvalue weighted by molar-refractivity contribution is 7.94. The van der Waals surface area contributed by atoms with Gasteiger partial charge in [0.15, 0.2) is 0 Å². The lowest BCUT2D eigenvalue weighted by atomic mass is 10.2. The minimum absolute atomic E-state index is 0.163. The van der Waals surface area contributed by atoms with Crippen molar-refractivity contribution in [1.29, 1.82) is 0 Å². The fourth-order valence-corrected chi connectivity index (χ4v) is 4.00. The molecule has 114 valence electrons. The average molecular weight is 346 g/mol. The number of hydrogen-bond acceptors (Lipinski definition) is 5. The predicted molar refractivity (Wildman–Crippen MR) is 87.7 cm³/mol. The molecule has 2 rings (SSSR count). The first-order valence-electron chi connectivity index (χ1n) is 6.35. The Kier molecular flexibility index (Phi) is 5.08. The minimum atomic E-state index is -3.63. The third kappa shape index (κ3) is 4.59. The molecule has 0 aliphatic carbocycles. The van der Waals surface area contributed by atoms with Crippen LogP contribution in [0.1, 0.15) is 13.8 Å². The van der Waals surface area contributed by atoms with Gasteiger partial charge in [0, 0.05) is 6.54 Å². The van der Waals surface area contributed by atoms with Gasteiger partial charge in [0.05, 0.1) is 16.2 Å². The van der Waals surface area contributed by atoms with Gasteiger partial charge in [0.2, 0.25) is 0 Å². The smallest absolute Gasteiger partial charge is 0.272 e. The van der Waals surface area contributed by atoms with Gasteiger partial charge in [0.1, 0.15) is 10.0 Å². The number of sulfonamides is 1. The third-order valence-corrected chi connectivity index (χ3v) is 5.61. The number of aromatic nitrogens is 1. The number of nitrogens with zero attached hydrogens (tertiary/aromatic N) is 1. The van der Waals surface area contributed by atoms with Crippen LogP contribution in [0.25, 0.3) is 0 Å². The molecule has 0 aromatic carbocycles. The van der Waals surface area contributed by atoms with Crippen molar-refractivity contribution in [3.8, 4) is 0 Å². The molecule has 0 fully saturated rings. The Morgan fingerprint density at radius 2 is 2.05 bits per heavy atom. The van der Waals surface area contributed by atoms with E-state index in [1.807, 2.05) is 0 Å². The molecule has 0 radical (unpaired) electrons. The summed E-state index contributed by atoms with van der Waals surface area (Å²) in [6, 6.07) is 6.42. The summed E-state index contributed by atoms with van der Waals surface area (Å²) in [5.74, 6) is 0.793. The van der Waals surface area contributed by atoms with Gasteiger partial charge in [-0.05, 0) is 30.2 Å². The van der Waals surface area contributed by atoms with Crippen molar-refractivity contribution >= 4 is 44.5 Å². The molecule has 0 aliphatic rings. The monoisotopic (exact) mass is 345 g/mol. The van der Waals surface area contributed by atoms with Crippen molar-refractivity contribution in [2.24, 2.45) is 5.92 Å². The molecule has 0 saturated carbocycles. The molecule has 5 nitrogen and oxygen atoms in total. The zero-order chi connectivity index (χ0) is 15.5. The second-order valence-corrected chi connectivity index (χ2v) is 8.50. The highest BCUT2D eigenvalue weighted by atomic mass is 35.5. The van der Waals surface area contributed by atoms with Gasteiger partial charge in [0.25, 0.3) is 10.0 Å². The summed E-state index contributed by atoms with van der Waals surface area (Å²) in [7, 11) is -3.63. The standard InChI is InChI=1S/C13H16ClN3O2S2/c1-9(2)7-15-10-3-5-12(16-8-10)17-21(18,19)13-6-4-11(14)20-13/h3-6,8-9,15H,7H2,1-2H3,(H,16,17). The lowest BCUT2D eigenvalue weighted by Gasteiger charge is -2.09. The van der Waals surface area contributed by atoms with E-state index in [0.717, 1.165) is 23.6 Å². The van der Waals surface area contributed by atoms with Crippen LogP contribution in [-0.4, -0.2) is 19.9 Å². The van der Waals surface area contributed by atoms with Crippen LogP contribution in [0.3, 0.4) is 0 Å². The van der Waals surface area contributed by atoms with E-state index >= 15 is 0 Å². The SMILES string of the molecule is CC(C)CNc1ccc(NS(=O)(=O)c2ccc(Cl)s2)nc1. The fraction of sp³-hybridized carbons (Fsp3) is 0.308. The number of pyridine rings is 1. The summed E-state index contributed by atoms with van der Waals surface area (Å²) < 4.78 is 27.2. The topological polar surface area (TPSA) is 71.1 Å². The molecule has 8 heteroatoms. The maximum absolute atomic E-state index is 12.1. The van der Waals surface area contributed by atoms with Gasteiger partial charge in [-0.1, -0.05) is 25.4 Å². The molecule has 0 aliphatic heterocycles. The molecular formula is C13H16ClN3O2S2. The van der Waals surface area contributed by atoms with Crippen LogP contribution in [0.5, 0.6) is 0 Å². The van der Waals surface area contributed by atoms with Crippen LogP contribution >= 0.6 is 22.9 Å². The maximum Gasteiger partial charge on any atom is 0.272 e. The number of thiophene rings is 1. The zero-order valence-electron chi connectivity index (χ0n) is 11.6. The normalized spacial score (nSPS) is 11.6. The Labute approximate surface area is 133 Å². The van der Waals surface area contributed by atoms with E-state index in [-0.39, 0.29) is 10.0 Å². The average Bonchev–Trinajstić information content (AvgIpc) is 2.85. The van der Waals surface area contributed by atoms with E-state index in [1.54, 1.807) is 24.4 Å². The van der Waals surface area contributed by atoms with Crippen molar-refractivity contribution in [3.63, 3.8) is 0 Å². The van der Waals surface area contributed by atoms with E-state index < -0.39 is 10.0 Å². The zero-order valence-corrected chi connectivity index (χ0v) is 14.0. The summed E-state index contributed by atoms with van der Waals surface area (Å²) in [6.07, 6.45) is 1.60. The summed E-state index contributed by atoms with van der Waals surface area (Å²) in [4.78, 5) is 4.09. The van der Waals surface area contributed by atoms with Crippen LogP contribution < -0.4 is 10.0 Å². The van der Waals surface area contributed by atoms with E-state index in [0.29, 0.717) is 10.3 Å². The van der Waals surface area contributed by atoms with E-state index in [2.05, 4.69) is 28.9 Å². The van der Waals surface area contributed by atoms with Crippen molar-refractivity contribution in [2.45, 2.75) is 18.1 Å². The van der Waals surface area contributed by atoms with Crippen molar-refractivity contribution in [1.82, 2.24) is 4.98 Å². The van der Waals surface area contributed by atoms with Crippen LogP contribution in [0.15, 0.2) is 34.7 Å². The minimum Gasteiger partial charge on any atom is -0.384 e. The lowest BCUT2D eigenvalue weighted by Crippen LogP contribution is -2.13. The predicted octanol–water partition coefficient (Wildman–Crippen LogP) is 3.67. The first-order chi connectivity index (χ1) is 9.87. The molecular weight excluding hydrogens is 330 g/mol. The van der Waals surface area contributed by atoms with Gasteiger partial charge in [-0.15, -0.1) is 11.3 Å². The third-order valence-electron chi connectivity index (χ3n) is 2.53. The first kappa shape index (κ1) is 16.1. The van der Waals surface area contributed by atoms with Gasteiger partial charge < -0.3 is 5.32 Å². The molecule has 0 atom stereocenters. The van der Waals surface area contributed by atoms with E-state index in [1.165, 1.54) is 6.07 Å². The Hall–Kier alpha value is -1.31. The summed E-state index contributed by atoms with van der Waals surface area (Å²) in [5, 5.41) is 3.21.